The van der Waals surface area contributed by atoms with Gasteiger partial charge in [-0.25, -0.2) is 0 Å². The first-order valence-corrected chi connectivity index (χ1v) is 8.43. The molecule has 1 N–H and O–H groups in total. The van der Waals surface area contributed by atoms with Crippen molar-refractivity contribution in [2.45, 2.75) is 32.3 Å². The molecule has 0 heterocycles. The quantitative estimate of drug-likeness (QED) is 0.658. The number of benzene rings is 2. The first kappa shape index (κ1) is 18.1. The summed E-state index contributed by atoms with van der Waals surface area (Å²) < 4.78 is 11.2. The zero-order chi connectivity index (χ0) is 17.2. The summed E-state index contributed by atoms with van der Waals surface area (Å²) in [7, 11) is 0. The number of ether oxygens (including phenoxy) is 2. The van der Waals surface area contributed by atoms with Crippen molar-refractivity contribution in [2.24, 2.45) is 0 Å². The van der Waals surface area contributed by atoms with Gasteiger partial charge in [-0.1, -0.05) is 37.3 Å². The maximum absolute atomic E-state index is 9.63. The Morgan fingerprint density at radius 3 is 2.00 bits per heavy atom. The van der Waals surface area contributed by atoms with Crippen LogP contribution in [-0.2, 0) is 6.42 Å². The van der Waals surface area contributed by atoms with E-state index < -0.39 is 6.10 Å². The molecule has 0 spiro atoms. The highest BCUT2D eigenvalue weighted by atomic mass is 16.5. The van der Waals surface area contributed by atoms with E-state index in [-0.39, 0.29) is 6.61 Å². The molecule has 2 aromatic rings. The summed E-state index contributed by atoms with van der Waals surface area (Å²) in [5.41, 5.74) is 2.46. The van der Waals surface area contributed by atoms with Gasteiger partial charge in [0.2, 0.25) is 0 Å². The Morgan fingerprint density at radius 2 is 1.50 bits per heavy atom. The number of aliphatic hydroxyl groups excluding tert-OH is 1. The fourth-order valence-corrected chi connectivity index (χ4v) is 2.32. The van der Waals surface area contributed by atoms with Gasteiger partial charge >= 0.3 is 0 Å². The summed E-state index contributed by atoms with van der Waals surface area (Å²) in [4.78, 5) is 0. The highest BCUT2D eigenvalue weighted by Gasteiger charge is 2.03. The number of hydrogen-bond acceptors (Lipinski definition) is 3. The normalized spacial score (nSPS) is 11.8. The number of rotatable bonds is 10. The maximum atomic E-state index is 9.63. The van der Waals surface area contributed by atoms with Gasteiger partial charge in [0.1, 0.15) is 18.1 Å². The predicted octanol–water partition coefficient (Wildman–Crippen LogP) is 4.38. The molecule has 3 heteroatoms. The summed E-state index contributed by atoms with van der Waals surface area (Å²) >= 11 is 0. The van der Waals surface area contributed by atoms with Crippen LogP contribution in [0.15, 0.2) is 61.2 Å². The molecular weight excluding hydrogens is 300 g/mol. The van der Waals surface area contributed by atoms with E-state index >= 15 is 0 Å². The topological polar surface area (TPSA) is 38.7 Å². The minimum Gasteiger partial charge on any atom is -0.494 e. The molecule has 2 rings (SSSR count). The van der Waals surface area contributed by atoms with Crippen LogP contribution in [0.3, 0.4) is 0 Å². The highest BCUT2D eigenvalue weighted by molar-refractivity contribution is 5.34. The smallest absolute Gasteiger partial charge is 0.119 e. The first-order valence-electron chi connectivity index (χ1n) is 8.43. The largest absolute Gasteiger partial charge is 0.494 e. The van der Waals surface area contributed by atoms with Crippen molar-refractivity contribution in [1.82, 2.24) is 0 Å². The Hall–Kier alpha value is -2.26. The number of aliphatic hydroxyl groups is 1. The monoisotopic (exact) mass is 326 g/mol. The van der Waals surface area contributed by atoms with Crippen LogP contribution in [0.25, 0.3) is 0 Å². The maximum Gasteiger partial charge on any atom is 0.119 e. The van der Waals surface area contributed by atoms with Gasteiger partial charge in [-0.15, -0.1) is 6.58 Å². The Kier molecular flexibility index (Phi) is 7.37. The molecule has 2 aromatic carbocycles. The molecule has 128 valence electrons. The lowest BCUT2D eigenvalue weighted by Gasteiger charge is -2.11. The fourth-order valence-electron chi connectivity index (χ4n) is 2.32. The lowest BCUT2D eigenvalue weighted by molar-refractivity contribution is 0.110. The minimum absolute atomic E-state index is 0.282. The van der Waals surface area contributed by atoms with E-state index in [1.165, 1.54) is 11.1 Å². The van der Waals surface area contributed by atoms with E-state index in [1.54, 1.807) is 6.08 Å². The third kappa shape index (κ3) is 6.09. The van der Waals surface area contributed by atoms with E-state index in [4.69, 9.17) is 9.47 Å². The van der Waals surface area contributed by atoms with Crippen LogP contribution in [0.5, 0.6) is 11.5 Å². The summed E-state index contributed by atoms with van der Waals surface area (Å²) in [5, 5.41) is 9.63. The zero-order valence-corrected chi connectivity index (χ0v) is 14.3. The third-order valence-corrected chi connectivity index (χ3v) is 3.61. The molecule has 1 unspecified atom stereocenters. The van der Waals surface area contributed by atoms with Crippen molar-refractivity contribution >= 4 is 0 Å². The van der Waals surface area contributed by atoms with Gasteiger partial charge in [-0.2, -0.15) is 0 Å². The lowest BCUT2D eigenvalue weighted by atomic mass is 10.0. The van der Waals surface area contributed by atoms with E-state index in [0.717, 1.165) is 30.9 Å². The SMILES string of the molecule is C=CCC(O)COc1ccc(Cc2ccc(OCCC)cc2)cc1. The van der Waals surface area contributed by atoms with E-state index in [9.17, 15) is 5.11 Å². The van der Waals surface area contributed by atoms with Crippen molar-refractivity contribution in [1.29, 1.82) is 0 Å². The fraction of sp³-hybridized carbons (Fsp3) is 0.333. The second-order valence-electron chi connectivity index (χ2n) is 5.80. The molecule has 0 radical (unpaired) electrons. The summed E-state index contributed by atoms with van der Waals surface area (Å²) in [6.45, 7) is 6.74. The molecule has 0 fully saturated rings. The average Bonchev–Trinajstić information content (AvgIpc) is 2.61. The van der Waals surface area contributed by atoms with Gasteiger partial charge in [0, 0.05) is 0 Å². The summed E-state index contributed by atoms with van der Waals surface area (Å²) in [5.74, 6) is 1.69. The molecule has 0 aliphatic rings. The van der Waals surface area contributed by atoms with Gasteiger partial charge in [0.05, 0.1) is 12.7 Å². The van der Waals surface area contributed by atoms with Crippen LogP contribution in [0.2, 0.25) is 0 Å². The molecular formula is C21H26O3. The lowest BCUT2D eigenvalue weighted by Crippen LogP contribution is -2.16. The minimum atomic E-state index is -0.504. The van der Waals surface area contributed by atoms with Crippen LogP contribution < -0.4 is 9.47 Å². The van der Waals surface area contributed by atoms with Crippen LogP contribution in [0.4, 0.5) is 0 Å². The Labute approximate surface area is 144 Å². The molecule has 0 saturated heterocycles. The second-order valence-corrected chi connectivity index (χ2v) is 5.80. The van der Waals surface area contributed by atoms with Crippen molar-refractivity contribution in [3.05, 3.63) is 72.3 Å². The molecule has 0 amide bonds. The van der Waals surface area contributed by atoms with Crippen LogP contribution in [0, 0.1) is 0 Å². The Balaban J connectivity index is 1.85. The third-order valence-electron chi connectivity index (χ3n) is 3.61. The molecule has 1 atom stereocenters. The van der Waals surface area contributed by atoms with Crippen molar-refractivity contribution < 1.29 is 14.6 Å². The van der Waals surface area contributed by atoms with E-state index in [2.05, 4.69) is 37.8 Å². The van der Waals surface area contributed by atoms with Gasteiger partial charge < -0.3 is 14.6 Å². The standard InChI is InChI=1S/C21H26O3/c1-3-5-19(22)16-24-21-12-8-18(9-13-21)15-17-6-10-20(11-7-17)23-14-4-2/h3,6-13,19,22H,1,4-5,14-16H2,2H3. The zero-order valence-electron chi connectivity index (χ0n) is 14.3. The van der Waals surface area contributed by atoms with Crippen LogP contribution in [0.1, 0.15) is 30.9 Å². The van der Waals surface area contributed by atoms with Gasteiger partial charge in [0.25, 0.3) is 0 Å². The van der Waals surface area contributed by atoms with Crippen molar-refractivity contribution in [3.63, 3.8) is 0 Å². The molecule has 24 heavy (non-hydrogen) atoms. The first-order chi connectivity index (χ1) is 11.7. The molecule has 0 aromatic heterocycles. The summed E-state index contributed by atoms with van der Waals surface area (Å²) in [6.07, 6.45) is 3.61. The average molecular weight is 326 g/mol. The predicted molar refractivity (Wildman–Crippen MR) is 97.8 cm³/mol. The molecule has 0 aliphatic carbocycles. The molecule has 0 aliphatic heterocycles. The summed E-state index contributed by atoms with van der Waals surface area (Å²) in [6, 6.07) is 16.2. The van der Waals surface area contributed by atoms with Gasteiger partial charge in [-0.3, -0.25) is 0 Å². The molecule has 0 saturated carbocycles. The van der Waals surface area contributed by atoms with Crippen LogP contribution in [-0.4, -0.2) is 24.4 Å². The Morgan fingerprint density at radius 1 is 0.958 bits per heavy atom. The van der Waals surface area contributed by atoms with Gasteiger partial charge in [-0.05, 0) is 54.7 Å². The van der Waals surface area contributed by atoms with Crippen molar-refractivity contribution in [3.8, 4) is 11.5 Å². The highest BCUT2D eigenvalue weighted by Crippen LogP contribution is 2.18. The van der Waals surface area contributed by atoms with Crippen molar-refractivity contribution in [2.75, 3.05) is 13.2 Å². The van der Waals surface area contributed by atoms with E-state index in [0.29, 0.717) is 6.42 Å². The molecule has 3 nitrogen and oxygen atoms in total. The number of hydrogen-bond donors (Lipinski definition) is 1. The van der Waals surface area contributed by atoms with E-state index in [1.807, 2.05) is 24.3 Å². The van der Waals surface area contributed by atoms with Crippen LogP contribution >= 0.6 is 0 Å². The second kappa shape index (κ2) is 9.78. The molecule has 0 bridgehead atoms. The van der Waals surface area contributed by atoms with Gasteiger partial charge in [0.15, 0.2) is 0 Å². The Bertz CT molecular complexity index is 602.